The Morgan fingerprint density at radius 2 is 2.00 bits per heavy atom. The average molecular weight is 349 g/mol. The van der Waals surface area contributed by atoms with Crippen LogP contribution in [-0.4, -0.2) is 39.7 Å². The third-order valence-electron chi connectivity index (χ3n) is 4.38. The monoisotopic (exact) mass is 348 g/mol. The molecule has 0 spiro atoms. The number of likely N-dealkylation sites (tertiary alicyclic amines) is 1. The van der Waals surface area contributed by atoms with Gasteiger partial charge in [0.2, 0.25) is 0 Å². The van der Waals surface area contributed by atoms with Crippen molar-refractivity contribution >= 4 is 18.3 Å². The number of aromatic nitrogens is 2. The fraction of sp³-hybridized carbons (Fsp3) is 0.444. The van der Waals surface area contributed by atoms with E-state index in [4.69, 9.17) is 5.73 Å². The Hall–Kier alpha value is -1.85. The fourth-order valence-corrected chi connectivity index (χ4v) is 3.14. The predicted octanol–water partition coefficient (Wildman–Crippen LogP) is 2.53. The summed E-state index contributed by atoms with van der Waals surface area (Å²) in [6.07, 6.45) is 1.99. The van der Waals surface area contributed by atoms with E-state index in [0.29, 0.717) is 6.54 Å². The first-order chi connectivity index (χ1) is 11.0. The van der Waals surface area contributed by atoms with Gasteiger partial charge in [0.05, 0.1) is 12.2 Å². The summed E-state index contributed by atoms with van der Waals surface area (Å²) in [5.74, 6) is 0.0813. The maximum Gasteiger partial charge on any atom is 0.253 e. The van der Waals surface area contributed by atoms with E-state index in [-0.39, 0.29) is 24.4 Å². The lowest BCUT2D eigenvalue weighted by Crippen LogP contribution is -2.45. The van der Waals surface area contributed by atoms with Crippen LogP contribution in [-0.2, 0) is 6.54 Å². The minimum Gasteiger partial charge on any atom is -0.337 e. The van der Waals surface area contributed by atoms with Crippen molar-refractivity contribution in [3.05, 3.63) is 52.8 Å². The average Bonchev–Trinajstić information content (AvgIpc) is 2.85. The molecule has 1 fully saturated rings. The molecule has 2 N–H and O–H groups in total. The summed E-state index contributed by atoms with van der Waals surface area (Å²) in [6.45, 7) is 6.24. The van der Waals surface area contributed by atoms with Crippen LogP contribution in [0.2, 0.25) is 0 Å². The Morgan fingerprint density at radius 3 is 2.58 bits per heavy atom. The van der Waals surface area contributed by atoms with E-state index in [2.05, 4.69) is 18.1 Å². The van der Waals surface area contributed by atoms with Gasteiger partial charge in [-0.25, -0.2) is 0 Å². The second-order valence-corrected chi connectivity index (χ2v) is 6.44. The standard InChI is InChI=1S/C18H24N4O.ClH/c1-13-10-14(2)22(20-13)11-15-5-7-16(8-6-15)18(23)21-9-3-4-17(19)12-21;/h5-8,10,17H,3-4,9,11-12,19H2,1-2H3;1H. The molecule has 6 heteroatoms. The molecule has 1 unspecified atom stereocenters. The lowest BCUT2D eigenvalue weighted by Gasteiger charge is -2.30. The van der Waals surface area contributed by atoms with Crippen molar-refractivity contribution in [3.63, 3.8) is 0 Å². The molecule has 1 saturated heterocycles. The SMILES string of the molecule is Cc1cc(C)n(Cc2ccc(C(=O)N3CCCC(N)C3)cc2)n1.Cl. The molecule has 1 aromatic heterocycles. The number of halogens is 1. The Morgan fingerprint density at radius 1 is 1.29 bits per heavy atom. The number of aryl methyl sites for hydroxylation is 2. The molecule has 1 aliphatic rings. The number of hydrogen-bond acceptors (Lipinski definition) is 3. The highest BCUT2D eigenvalue weighted by Crippen LogP contribution is 2.14. The second kappa shape index (κ2) is 7.81. The van der Waals surface area contributed by atoms with Crippen LogP contribution in [0, 0.1) is 13.8 Å². The Labute approximate surface area is 149 Å². The summed E-state index contributed by atoms with van der Waals surface area (Å²) in [5, 5.41) is 4.47. The van der Waals surface area contributed by atoms with Crippen LogP contribution >= 0.6 is 12.4 Å². The van der Waals surface area contributed by atoms with Gasteiger partial charge in [-0.2, -0.15) is 5.10 Å². The highest BCUT2D eigenvalue weighted by molar-refractivity contribution is 5.94. The summed E-state index contributed by atoms with van der Waals surface area (Å²) >= 11 is 0. The lowest BCUT2D eigenvalue weighted by atomic mass is 10.0. The van der Waals surface area contributed by atoms with Crippen molar-refractivity contribution in [1.82, 2.24) is 14.7 Å². The van der Waals surface area contributed by atoms with Gasteiger partial charge >= 0.3 is 0 Å². The summed E-state index contributed by atoms with van der Waals surface area (Å²) in [4.78, 5) is 14.4. The summed E-state index contributed by atoms with van der Waals surface area (Å²) in [7, 11) is 0. The van der Waals surface area contributed by atoms with Crippen molar-refractivity contribution in [3.8, 4) is 0 Å². The third-order valence-corrected chi connectivity index (χ3v) is 4.38. The quantitative estimate of drug-likeness (QED) is 0.927. The van der Waals surface area contributed by atoms with E-state index in [0.717, 1.165) is 48.4 Å². The topological polar surface area (TPSA) is 64.2 Å². The van der Waals surface area contributed by atoms with Crippen molar-refractivity contribution in [1.29, 1.82) is 0 Å². The van der Waals surface area contributed by atoms with Crippen LogP contribution in [0.5, 0.6) is 0 Å². The van der Waals surface area contributed by atoms with Gasteiger partial charge < -0.3 is 10.6 Å². The van der Waals surface area contributed by atoms with Gasteiger partial charge in [-0.1, -0.05) is 12.1 Å². The minimum absolute atomic E-state index is 0. The zero-order chi connectivity index (χ0) is 16.4. The molecule has 0 bridgehead atoms. The number of hydrogen-bond donors (Lipinski definition) is 1. The Balaban J connectivity index is 0.00000208. The molecule has 2 heterocycles. The van der Waals surface area contributed by atoms with Crippen molar-refractivity contribution in [2.24, 2.45) is 5.73 Å². The molecular weight excluding hydrogens is 324 g/mol. The largest absolute Gasteiger partial charge is 0.337 e. The van der Waals surface area contributed by atoms with Gasteiger partial charge in [0.15, 0.2) is 0 Å². The molecule has 0 radical (unpaired) electrons. The first-order valence-corrected chi connectivity index (χ1v) is 8.18. The first kappa shape index (κ1) is 18.5. The maximum absolute atomic E-state index is 12.5. The smallest absolute Gasteiger partial charge is 0.253 e. The first-order valence-electron chi connectivity index (χ1n) is 8.18. The van der Waals surface area contributed by atoms with E-state index >= 15 is 0 Å². The molecular formula is C18H25ClN4O. The van der Waals surface area contributed by atoms with Crippen LogP contribution in [0.15, 0.2) is 30.3 Å². The lowest BCUT2D eigenvalue weighted by molar-refractivity contribution is 0.0709. The van der Waals surface area contributed by atoms with Gasteiger partial charge in [0.25, 0.3) is 5.91 Å². The number of rotatable bonds is 3. The molecule has 0 aliphatic carbocycles. The number of nitrogens with two attached hydrogens (primary N) is 1. The summed E-state index contributed by atoms with van der Waals surface area (Å²) < 4.78 is 1.98. The molecule has 24 heavy (non-hydrogen) atoms. The van der Waals surface area contributed by atoms with Crippen molar-refractivity contribution in [2.45, 2.75) is 39.3 Å². The zero-order valence-corrected chi connectivity index (χ0v) is 15.1. The van der Waals surface area contributed by atoms with Gasteiger partial charge in [0.1, 0.15) is 0 Å². The second-order valence-electron chi connectivity index (χ2n) is 6.44. The summed E-state index contributed by atoms with van der Waals surface area (Å²) in [6, 6.07) is 10.0. The third kappa shape index (κ3) is 4.16. The van der Waals surface area contributed by atoms with Gasteiger partial charge in [-0.3, -0.25) is 9.48 Å². The molecule has 1 atom stereocenters. The normalized spacial score (nSPS) is 17.5. The van der Waals surface area contributed by atoms with E-state index in [1.165, 1.54) is 0 Å². The van der Waals surface area contributed by atoms with Crippen molar-refractivity contribution in [2.75, 3.05) is 13.1 Å². The summed E-state index contributed by atoms with van der Waals surface area (Å²) in [5.41, 5.74) is 10.0. The minimum atomic E-state index is 0. The molecule has 3 rings (SSSR count). The predicted molar refractivity (Wildman–Crippen MR) is 97.6 cm³/mol. The number of amides is 1. The van der Waals surface area contributed by atoms with Crippen LogP contribution in [0.1, 0.15) is 40.2 Å². The van der Waals surface area contributed by atoms with Crippen LogP contribution in [0.3, 0.4) is 0 Å². The highest BCUT2D eigenvalue weighted by Gasteiger charge is 2.22. The van der Waals surface area contributed by atoms with Crippen LogP contribution in [0.4, 0.5) is 0 Å². The molecule has 5 nitrogen and oxygen atoms in total. The number of piperidine rings is 1. The van der Waals surface area contributed by atoms with Crippen molar-refractivity contribution < 1.29 is 4.79 Å². The molecule has 1 aliphatic heterocycles. The van der Waals surface area contributed by atoms with Gasteiger partial charge in [-0.15, -0.1) is 12.4 Å². The number of nitrogens with zero attached hydrogens (tertiary/aromatic N) is 3. The zero-order valence-electron chi connectivity index (χ0n) is 14.2. The molecule has 1 amide bonds. The van der Waals surface area contributed by atoms with E-state index in [1.54, 1.807) is 0 Å². The number of benzene rings is 1. The molecule has 130 valence electrons. The van der Waals surface area contributed by atoms with Gasteiger partial charge in [-0.05, 0) is 50.5 Å². The number of carbonyl (C=O) groups is 1. The molecule has 1 aromatic carbocycles. The van der Waals surface area contributed by atoms with Crippen LogP contribution in [0.25, 0.3) is 0 Å². The Kier molecular flexibility index (Phi) is 6.02. The van der Waals surface area contributed by atoms with E-state index < -0.39 is 0 Å². The Bertz CT molecular complexity index is 696. The van der Waals surface area contributed by atoms with Gasteiger partial charge in [0, 0.05) is 30.4 Å². The number of carbonyl (C=O) groups excluding carboxylic acids is 1. The molecule has 2 aromatic rings. The van der Waals surface area contributed by atoms with E-state index in [1.807, 2.05) is 40.8 Å². The fourth-order valence-electron chi connectivity index (χ4n) is 3.14. The van der Waals surface area contributed by atoms with Crippen LogP contribution < -0.4 is 5.73 Å². The maximum atomic E-state index is 12.5. The molecule has 0 saturated carbocycles. The van der Waals surface area contributed by atoms with E-state index in [9.17, 15) is 4.79 Å². The highest BCUT2D eigenvalue weighted by atomic mass is 35.5.